The molecule has 1 amide bonds. The second kappa shape index (κ2) is 7.00. The number of hydrogen-bond acceptors (Lipinski definition) is 4. The van der Waals surface area contributed by atoms with Gasteiger partial charge in [0.15, 0.2) is 0 Å². The molecule has 5 heteroatoms. The molecule has 3 heterocycles. The molecule has 1 atom stereocenters. The van der Waals surface area contributed by atoms with E-state index in [-0.39, 0.29) is 5.92 Å². The van der Waals surface area contributed by atoms with E-state index in [9.17, 15) is 4.79 Å². The number of aromatic nitrogens is 1. The average molecular weight is 339 g/mol. The summed E-state index contributed by atoms with van der Waals surface area (Å²) >= 11 is 0. The Morgan fingerprint density at radius 2 is 2.00 bits per heavy atom. The average Bonchev–Trinajstić information content (AvgIpc) is 2.67. The third-order valence-electron chi connectivity index (χ3n) is 5.26. The fourth-order valence-corrected chi connectivity index (χ4v) is 3.99. The highest BCUT2D eigenvalue weighted by atomic mass is 16.5. The number of fused-ring (bicyclic) bond motifs is 1. The molecule has 2 fully saturated rings. The van der Waals surface area contributed by atoms with E-state index in [1.54, 1.807) is 0 Å². The second-order valence-electron chi connectivity index (χ2n) is 7.02. The van der Waals surface area contributed by atoms with E-state index in [1.807, 2.05) is 17.9 Å². The number of ether oxygens (including phenoxy) is 1. The highest BCUT2D eigenvalue weighted by Gasteiger charge is 2.30. The van der Waals surface area contributed by atoms with E-state index in [4.69, 9.17) is 4.74 Å². The molecule has 0 spiro atoms. The van der Waals surface area contributed by atoms with Gasteiger partial charge in [-0.05, 0) is 31.9 Å². The molecule has 0 saturated carbocycles. The first-order valence-electron chi connectivity index (χ1n) is 9.20. The minimum atomic E-state index is 0.0825. The van der Waals surface area contributed by atoms with Crippen molar-refractivity contribution >= 4 is 22.5 Å². The predicted molar refractivity (Wildman–Crippen MR) is 98.8 cm³/mol. The second-order valence-corrected chi connectivity index (χ2v) is 7.02. The van der Waals surface area contributed by atoms with Crippen LogP contribution >= 0.6 is 0 Å². The van der Waals surface area contributed by atoms with Crippen molar-refractivity contribution in [3.63, 3.8) is 0 Å². The number of nitrogens with zero attached hydrogens (tertiary/aromatic N) is 3. The van der Waals surface area contributed by atoms with Gasteiger partial charge in [0.1, 0.15) is 0 Å². The maximum Gasteiger partial charge on any atom is 0.227 e. The van der Waals surface area contributed by atoms with Crippen molar-refractivity contribution in [2.75, 3.05) is 44.3 Å². The van der Waals surface area contributed by atoms with Crippen LogP contribution in [0, 0.1) is 12.8 Å². The van der Waals surface area contributed by atoms with Crippen molar-refractivity contribution in [1.82, 2.24) is 9.88 Å². The number of pyridine rings is 1. The lowest BCUT2D eigenvalue weighted by Gasteiger charge is -2.37. The summed E-state index contributed by atoms with van der Waals surface area (Å²) in [4.78, 5) is 21.9. The molecule has 132 valence electrons. The molecule has 1 unspecified atom stereocenters. The van der Waals surface area contributed by atoms with E-state index in [0.29, 0.717) is 19.1 Å². The van der Waals surface area contributed by atoms with Crippen molar-refractivity contribution in [3.8, 4) is 0 Å². The topological polar surface area (TPSA) is 45.7 Å². The quantitative estimate of drug-likeness (QED) is 0.844. The van der Waals surface area contributed by atoms with E-state index in [0.717, 1.165) is 50.2 Å². The Labute approximate surface area is 148 Å². The van der Waals surface area contributed by atoms with Gasteiger partial charge in [-0.3, -0.25) is 9.78 Å². The zero-order chi connectivity index (χ0) is 17.2. The Bertz CT molecular complexity index is 771. The summed E-state index contributed by atoms with van der Waals surface area (Å²) in [6, 6.07) is 10.4. The Hall–Kier alpha value is -2.14. The summed E-state index contributed by atoms with van der Waals surface area (Å²) in [6.45, 7) is 6.62. The molecule has 4 rings (SSSR count). The molecule has 25 heavy (non-hydrogen) atoms. The van der Waals surface area contributed by atoms with E-state index in [1.165, 1.54) is 11.1 Å². The third-order valence-corrected chi connectivity index (χ3v) is 5.26. The Morgan fingerprint density at radius 1 is 1.20 bits per heavy atom. The number of carbonyl (C=O) groups is 1. The molecular weight excluding hydrogens is 314 g/mol. The summed E-state index contributed by atoms with van der Waals surface area (Å²) in [6.07, 6.45) is 2.03. The van der Waals surface area contributed by atoms with Crippen LogP contribution in [0.5, 0.6) is 0 Å². The molecule has 1 aromatic carbocycles. The van der Waals surface area contributed by atoms with Crippen LogP contribution in [0.3, 0.4) is 0 Å². The lowest BCUT2D eigenvalue weighted by atomic mass is 9.95. The van der Waals surface area contributed by atoms with Gasteiger partial charge in [-0.25, -0.2) is 0 Å². The van der Waals surface area contributed by atoms with Gasteiger partial charge >= 0.3 is 0 Å². The number of piperidine rings is 1. The summed E-state index contributed by atoms with van der Waals surface area (Å²) in [7, 11) is 0. The molecule has 5 nitrogen and oxygen atoms in total. The van der Waals surface area contributed by atoms with Crippen LogP contribution in [0.4, 0.5) is 5.69 Å². The summed E-state index contributed by atoms with van der Waals surface area (Å²) < 4.78 is 5.38. The number of amides is 1. The molecule has 2 saturated heterocycles. The summed E-state index contributed by atoms with van der Waals surface area (Å²) in [5.74, 6) is 0.377. The predicted octanol–water partition coefficient (Wildman–Crippen LogP) is 2.62. The lowest BCUT2D eigenvalue weighted by molar-refractivity contribution is -0.139. The van der Waals surface area contributed by atoms with Crippen LogP contribution in [0.25, 0.3) is 10.9 Å². The minimum Gasteiger partial charge on any atom is -0.378 e. The summed E-state index contributed by atoms with van der Waals surface area (Å²) in [5.41, 5.74) is 3.26. The number of aryl methyl sites for hydroxylation is 1. The molecule has 0 bridgehead atoms. The first-order valence-corrected chi connectivity index (χ1v) is 9.20. The van der Waals surface area contributed by atoms with E-state index >= 15 is 0 Å². The van der Waals surface area contributed by atoms with Crippen molar-refractivity contribution in [3.05, 3.63) is 36.0 Å². The van der Waals surface area contributed by atoms with Gasteiger partial charge in [0, 0.05) is 42.9 Å². The van der Waals surface area contributed by atoms with Gasteiger partial charge < -0.3 is 14.5 Å². The first kappa shape index (κ1) is 16.3. The van der Waals surface area contributed by atoms with Gasteiger partial charge in [0.05, 0.1) is 24.6 Å². The van der Waals surface area contributed by atoms with Gasteiger partial charge in [0.25, 0.3) is 0 Å². The number of morpholine rings is 1. The number of rotatable bonds is 2. The molecule has 0 radical (unpaired) electrons. The van der Waals surface area contributed by atoms with Crippen LogP contribution < -0.4 is 4.90 Å². The molecule has 0 N–H and O–H groups in total. The largest absolute Gasteiger partial charge is 0.378 e. The smallest absolute Gasteiger partial charge is 0.227 e. The molecule has 2 aromatic rings. The normalized spacial score (nSPS) is 21.6. The van der Waals surface area contributed by atoms with E-state index < -0.39 is 0 Å². The molecule has 2 aliphatic heterocycles. The number of carbonyl (C=O) groups excluding carboxylic acids is 1. The molecular formula is C20H25N3O2. The molecule has 1 aromatic heterocycles. The van der Waals surface area contributed by atoms with Crippen molar-refractivity contribution in [2.24, 2.45) is 5.92 Å². The Kier molecular flexibility index (Phi) is 4.57. The zero-order valence-electron chi connectivity index (χ0n) is 14.8. The number of benzene rings is 1. The molecule has 2 aliphatic rings. The fourth-order valence-electron chi connectivity index (χ4n) is 3.99. The number of hydrogen-bond donors (Lipinski definition) is 0. The zero-order valence-corrected chi connectivity index (χ0v) is 14.8. The van der Waals surface area contributed by atoms with Gasteiger partial charge in [-0.1, -0.05) is 18.2 Å². The van der Waals surface area contributed by atoms with Gasteiger partial charge in [0.2, 0.25) is 5.91 Å². The minimum absolute atomic E-state index is 0.0825. The van der Waals surface area contributed by atoms with Crippen LogP contribution in [0.15, 0.2) is 30.3 Å². The Morgan fingerprint density at radius 3 is 2.84 bits per heavy atom. The number of anilines is 1. The summed E-state index contributed by atoms with van der Waals surface area (Å²) in [5, 5.41) is 1.17. The Balaban J connectivity index is 1.58. The maximum absolute atomic E-state index is 12.9. The third kappa shape index (κ3) is 3.33. The van der Waals surface area contributed by atoms with Crippen LogP contribution in [-0.4, -0.2) is 55.2 Å². The van der Waals surface area contributed by atoms with Crippen molar-refractivity contribution < 1.29 is 9.53 Å². The van der Waals surface area contributed by atoms with Crippen LogP contribution in [0.1, 0.15) is 18.5 Å². The van der Waals surface area contributed by atoms with E-state index in [2.05, 4.69) is 34.1 Å². The SMILES string of the molecule is Cc1cc(N2CCCC(C(=O)N3CCOCC3)C2)c2ccccc2n1. The fraction of sp³-hybridized carbons (Fsp3) is 0.500. The van der Waals surface area contributed by atoms with Crippen molar-refractivity contribution in [1.29, 1.82) is 0 Å². The van der Waals surface area contributed by atoms with Crippen LogP contribution in [-0.2, 0) is 9.53 Å². The maximum atomic E-state index is 12.9. The molecule has 0 aliphatic carbocycles. The van der Waals surface area contributed by atoms with Crippen molar-refractivity contribution in [2.45, 2.75) is 19.8 Å². The van der Waals surface area contributed by atoms with Gasteiger partial charge in [-0.15, -0.1) is 0 Å². The highest BCUT2D eigenvalue weighted by Crippen LogP contribution is 2.31. The number of para-hydroxylation sites is 1. The monoisotopic (exact) mass is 339 g/mol. The lowest BCUT2D eigenvalue weighted by Crippen LogP contribution is -2.48. The van der Waals surface area contributed by atoms with Crippen LogP contribution in [0.2, 0.25) is 0 Å². The first-order chi connectivity index (χ1) is 12.2. The highest BCUT2D eigenvalue weighted by molar-refractivity contribution is 5.92. The standard InChI is InChI=1S/C20H25N3O2/c1-15-13-19(17-6-2-3-7-18(17)21-15)23-8-4-5-16(14-23)20(24)22-9-11-25-12-10-22/h2-3,6-7,13,16H,4-5,8-12,14H2,1H3. The van der Waals surface area contributed by atoms with Gasteiger partial charge in [-0.2, -0.15) is 0 Å².